The molecule has 0 radical (unpaired) electrons. The van der Waals surface area contributed by atoms with Gasteiger partial charge in [0.15, 0.2) is 0 Å². The molecule has 1 saturated heterocycles. The number of carbonyl (C=O) groups is 1. The predicted octanol–water partition coefficient (Wildman–Crippen LogP) is 3.66. The van der Waals surface area contributed by atoms with E-state index in [2.05, 4.69) is 5.32 Å². The van der Waals surface area contributed by atoms with Gasteiger partial charge in [-0.15, -0.1) is 0 Å². The summed E-state index contributed by atoms with van der Waals surface area (Å²) in [6, 6.07) is 12.8. The van der Waals surface area contributed by atoms with Crippen LogP contribution in [0.25, 0.3) is 0 Å². The summed E-state index contributed by atoms with van der Waals surface area (Å²) in [5.74, 6) is -1.30. The van der Waals surface area contributed by atoms with E-state index in [0.717, 1.165) is 0 Å². The number of para-hydroxylation sites is 1. The second-order valence-corrected chi connectivity index (χ2v) is 8.87. The third kappa shape index (κ3) is 4.86. The van der Waals surface area contributed by atoms with E-state index in [4.69, 9.17) is 11.6 Å². The van der Waals surface area contributed by atoms with Crippen LogP contribution in [0.15, 0.2) is 48.5 Å². The quantitative estimate of drug-likeness (QED) is 0.818. The maximum atomic E-state index is 13.7. The number of piperidine rings is 1. The number of hydrogen-bond acceptors (Lipinski definition) is 3. The van der Waals surface area contributed by atoms with Gasteiger partial charge < -0.3 is 5.32 Å². The molecule has 1 fully saturated rings. The van der Waals surface area contributed by atoms with Crippen molar-refractivity contribution in [2.45, 2.75) is 18.6 Å². The highest BCUT2D eigenvalue weighted by Gasteiger charge is 2.31. The number of hydrogen-bond donors (Lipinski definition) is 1. The molecule has 5 nitrogen and oxygen atoms in total. The molecule has 0 spiro atoms. The van der Waals surface area contributed by atoms with Crippen molar-refractivity contribution in [3.8, 4) is 0 Å². The molecule has 0 bridgehead atoms. The number of anilines is 1. The number of halogens is 2. The molecule has 1 amide bonds. The zero-order chi connectivity index (χ0) is 19.4. The summed E-state index contributed by atoms with van der Waals surface area (Å²) >= 11 is 6.06. The van der Waals surface area contributed by atoms with Crippen LogP contribution < -0.4 is 5.32 Å². The lowest BCUT2D eigenvalue weighted by Crippen LogP contribution is -2.42. The summed E-state index contributed by atoms with van der Waals surface area (Å²) < 4.78 is 40.3. The molecule has 0 aromatic heterocycles. The van der Waals surface area contributed by atoms with Gasteiger partial charge in [0, 0.05) is 24.0 Å². The van der Waals surface area contributed by atoms with Gasteiger partial charge in [-0.3, -0.25) is 4.79 Å². The van der Waals surface area contributed by atoms with Crippen LogP contribution in [0.2, 0.25) is 5.02 Å². The van der Waals surface area contributed by atoms with Crippen LogP contribution in [0.5, 0.6) is 0 Å². The van der Waals surface area contributed by atoms with Crippen molar-refractivity contribution in [2.24, 2.45) is 5.92 Å². The highest BCUT2D eigenvalue weighted by atomic mass is 35.5. The van der Waals surface area contributed by atoms with E-state index in [0.29, 0.717) is 23.4 Å². The van der Waals surface area contributed by atoms with Gasteiger partial charge in [0.05, 0.1) is 11.4 Å². The third-order valence-corrected chi connectivity index (χ3v) is 6.84. The maximum Gasteiger partial charge on any atom is 0.227 e. The average Bonchev–Trinajstić information content (AvgIpc) is 2.65. The topological polar surface area (TPSA) is 66.5 Å². The van der Waals surface area contributed by atoms with Gasteiger partial charge in [0.1, 0.15) is 5.82 Å². The zero-order valence-corrected chi connectivity index (χ0v) is 16.1. The molecular weight excluding hydrogens is 391 g/mol. The molecule has 0 unspecified atom stereocenters. The van der Waals surface area contributed by atoms with Gasteiger partial charge >= 0.3 is 0 Å². The minimum atomic E-state index is -3.52. The van der Waals surface area contributed by atoms with E-state index in [1.54, 1.807) is 36.4 Å². The van der Waals surface area contributed by atoms with E-state index in [-0.39, 0.29) is 36.4 Å². The number of amides is 1. The maximum absolute atomic E-state index is 13.7. The van der Waals surface area contributed by atoms with Crippen molar-refractivity contribution < 1.29 is 17.6 Å². The number of carbonyl (C=O) groups excluding carboxylic acids is 1. The van der Waals surface area contributed by atoms with Gasteiger partial charge in [0.2, 0.25) is 15.9 Å². The Morgan fingerprint density at radius 1 is 1.11 bits per heavy atom. The first-order chi connectivity index (χ1) is 12.9. The Hall–Kier alpha value is -1.96. The van der Waals surface area contributed by atoms with Crippen LogP contribution in [0.1, 0.15) is 18.4 Å². The summed E-state index contributed by atoms with van der Waals surface area (Å²) in [5, 5.41) is 3.00. The fourth-order valence-corrected chi connectivity index (χ4v) is 4.97. The van der Waals surface area contributed by atoms with E-state index in [9.17, 15) is 17.6 Å². The molecule has 0 aliphatic carbocycles. The number of rotatable bonds is 5. The molecule has 2 aromatic rings. The van der Waals surface area contributed by atoms with Gasteiger partial charge in [-0.2, -0.15) is 0 Å². The first-order valence-electron chi connectivity index (χ1n) is 8.63. The first-order valence-corrected chi connectivity index (χ1v) is 10.6. The van der Waals surface area contributed by atoms with Crippen molar-refractivity contribution in [2.75, 3.05) is 18.4 Å². The Morgan fingerprint density at radius 3 is 2.41 bits per heavy atom. The molecule has 3 rings (SSSR count). The Labute approximate surface area is 163 Å². The summed E-state index contributed by atoms with van der Waals surface area (Å²) in [6.45, 7) is 0.504. The Balaban J connectivity index is 1.59. The fourth-order valence-electron chi connectivity index (χ4n) is 3.10. The summed E-state index contributed by atoms with van der Waals surface area (Å²) in [7, 11) is -3.52. The van der Waals surface area contributed by atoms with E-state index >= 15 is 0 Å². The highest BCUT2D eigenvalue weighted by Crippen LogP contribution is 2.25. The highest BCUT2D eigenvalue weighted by molar-refractivity contribution is 7.88. The van der Waals surface area contributed by atoms with Crippen molar-refractivity contribution in [1.82, 2.24) is 4.31 Å². The van der Waals surface area contributed by atoms with Gasteiger partial charge in [0.25, 0.3) is 0 Å². The molecular formula is C19H20ClFN2O3S. The predicted molar refractivity (Wildman–Crippen MR) is 103 cm³/mol. The molecule has 2 aromatic carbocycles. The summed E-state index contributed by atoms with van der Waals surface area (Å²) in [4.78, 5) is 12.3. The lowest BCUT2D eigenvalue weighted by Gasteiger charge is -2.30. The molecule has 1 aliphatic heterocycles. The zero-order valence-electron chi connectivity index (χ0n) is 14.6. The number of benzene rings is 2. The van der Waals surface area contributed by atoms with Crippen LogP contribution in [0.3, 0.4) is 0 Å². The van der Waals surface area contributed by atoms with E-state index < -0.39 is 15.8 Å². The number of nitrogens with zero attached hydrogens (tertiary/aromatic N) is 1. The largest absolute Gasteiger partial charge is 0.323 e. The summed E-state index contributed by atoms with van der Waals surface area (Å²) in [5.41, 5.74) is 0.690. The average molecular weight is 411 g/mol. The third-order valence-electron chi connectivity index (χ3n) is 4.65. The van der Waals surface area contributed by atoms with Crippen molar-refractivity contribution >= 4 is 33.2 Å². The van der Waals surface area contributed by atoms with E-state index in [1.807, 2.05) is 0 Å². The SMILES string of the molecule is O=C(Nc1ccccc1F)C1CCN(S(=O)(=O)Cc2ccccc2Cl)CC1. The van der Waals surface area contributed by atoms with Crippen LogP contribution >= 0.6 is 11.6 Å². The summed E-state index contributed by atoms with van der Waals surface area (Å²) in [6.07, 6.45) is 0.782. The Kier molecular flexibility index (Phi) is 6.14. The molecule has 1 heterocycles. The van der Waals surface area contributed by atoms with Crippen molar-refractivity contribution in [3.05, 3.63) is 64.9 Å². The van der Waals surface area contributed by atoms with Crippen molar-refractivity contribution in [3.63, 3.8) is 0 Å². The van der Waals surface area contributed by atoms with Crippen LogP contribution in [-0.4, -0.2) is 31.7 Å². The smallest absolute Gasteiger partial charge is 0.227 e. The standard InChI is InChI=1S/C19H20ClFN2O3S/c20-16-6-2-1-5-15(16)13-27(25,26)23-11-9-14(10-12-23)19(24)22-18-8-4-3-7-17(18)21/h1-8,14H,9-13H2,(H,22,24). The van der Waals surface area contributed by atoms with E-state index in [1.165, 1.54) is 16.4 Å². The molecule has 0 atom stereocenters. The minimum Gasteiger partial charge on any atom is -0.323 e. The molecule has 1 aliphatic rings. The molecule has 1 N–H and O–H groups in total. The lowest BCUT2D eigenvalue weighted by molar-refractivity contribution is -0.120. The number of sulfonamides is 1. The number of nitrogens with one attached hydrogen (secondary N) is 1. The minimum absolute atomic E-state index is 0.135. The first kappa shape index (κ1) is 19.8. The van der Waals surface area contributed by atoms with Crippen LogP contribution in [0.4, 0.5) is 10.1 Å². The second-order valence-electron chi connectivity index (χ2n) is 6.49. The molecule has 8 heteroatoms. The normalized spacial score (nSPS) is 16.2. The second kappa shape index (κ2) is 8.37. The van der Waals surface area contributed by atoms with Gasteiger partial charge in [-0.25, -0.2) is 17.1 Å². The fraction of sp³-hybridized carbons (Fsp3) is 0.316. The Morgan fingerprint density at radius 2 is 1.74 bits per heavy atom. The van der Waals surface area contributed by atoms with Crippen LogP contribution in [0, 0.1) is 11.7 Å². The van der Waals surface area contributed by atoms with Gasteiger partial charge in [-0.1, -0.05) is 41.9 Å². The van der Waals surface area contributed by atoms with Gasteiger partial charge in [-0.05, 0) is 36.6 Å². The van der Waals surface area contributed by atoms with Crippen molar-refractivity contribution in [1.29, 1.82) is 0 Å². The molecule has 144 valence electrons. The molecule has 0 saturated carbocycles. The molecule has 27 heavy (non-hydrogen) atoms. The lowest BCUT2D eigenvalue weighted by atomic mass is 9.97. The Bertz CT molecular complexity index is 928. The van der Waals surface area contributed by atoms with Crippen LogP contribution in [-0.2, 0) is 20.6 Å². The monoisotopic (exact) mass is 410 g/mol.